The van der Waals surface area contributed by atoms with Crippen molar-refractivity contribution in [2.75, 3.05) is 27.4 Å². The molecule has 2 aromatic carbocycles. The van der Waals surface area contributed by atoms with Gasteiger partial charge in [0.15, 0.2) is 16.3 Å². The second kappa shape index (κ2) is 12.3. The molecular formula is C30H32N2O7S. The maximum absolute atomic E-state index is 14.0. The van der Waals surface area contributed by atoms with Gasteiger partial charge < -0.3 is 24.1 Å². The number of hydrogen-bond acceptors (Lipinski definition) is 9. The Morgan fingerprint density at radius 1 is 1.15 bits per heavy atom. The average Bonchev–Trinajstić information content (AvgIpc) is 3.24. The van der Waals surface area contributed by atoms with E-state index in [0.717, 1.165) is 0 Å². The number of phenolic OH excluding ortho intramolecular Hbond substituents is 1. The zero-order chi connectivity index (χ0) is 29.0. The molecule has 4 rings (SSSR count). The zero-order valence-corrected chi connectivity index (χ0v) is 24.0. The van der Waals surface area contributed by atoms with Gasteiger partial charge in [0.1, 0.15) is 17.5 Å². The van der Waals surface area contributed by atoms with Crippen molar-refractivity contribution in [1.82, 2.24) is 4.57 Å². The first kappa shape index (κ1) is 28.7. The molecule has 1 aliphatic heterocycles. The molecule has 0 saturated carbocycles. The maximum Gasteiger partial charge on any atom is 0.338 e. The van der Waals surface area contributed by atoms with Gasteiger partial charge in [0.25, 0.3) is 5.56 Å². The second-order valence-electron chi connectivity index (χ2n) is 8.86. The number of thiazole rings is 1. The lowest BCUT2D eigenvalue weighted by molar-refractivity contribution is -0.139. The van der Waals surface area contributed by atoms with E-state index < -0.39 is 12.0 Å². The van der Waals surface area contributed by atoms with Crippen LogP contribution in [0.1, 0.15) is 43.5 Å². The smallest absolute Gasteiger partial charge is 0.338 e. The largest absolute Gasteiger partial charge is 0.504 e. The van der Waals surface area contributed by atoms with Crippen molar-refractivity contribution in [3.63, 3.8) is 0 Å². The van der Waals surface area contributed by atoms with Crippen LogP contribution < -0.4 is 29.1 Å². The molecule has 0 amide bonds. The summed E-state index contributed by atoms with van der Waals surface area (Å²) >= 11 is 1.20. The molecule has 1 atom stereocenters. The molecular weight excluding hydrogens is 532 g/mol. The van der Waals surface area contributed by atoms with E-state index in [1.165, 1.54) is 23.0 Å². The fraction of sp³-hybridized carbons (Fsp3) is 0.300. The van der Waals surface area contributed by atoms with Gasteiger partial charge in [-0.1, -0.05) is 17.4 Å². The van der Waals surface area contributed by atoms with Crippen molar-refractivity contribution in [1.29, 1.82) is 0 Å². The van der Waals surface area contributed by atoms with Crippen LogP contribution in [0.2, 0.25) is 0 Å². The summed E-state index contributed by atoms with van der Waals surface area (Å²) in [6.07, 6.45) is 3.83. The number of phenols is 1. The SMILES string of the molecule is C=CCc1cc(/C=c2/sc3n(c2=O)[C@H](c2cc(OC)ccc2OC)C(C(=O)OCC)=C(C)N=3)cc(OCC)c1O. The fourth-order valence-electron chi connectivity index (χ4n) is 4.64. The first-order valence-electron chi connectivity index (χ1n) is 12.8. The Kier molecular flexibility index (Phi) is 8.79. The summed E-state index contributed by atoms with van der Waals surface area (Å²) in [6, 6.07) is 7.83. The van der Waals surface area contributed by atoms with Crippen LogP contribution >= 0.6 is 11.3 Å². The maximum atomic E-state index is 14.0. The van der Waals surface area contributed by atoms with Gasteiger partial charge in [-0.3, -0.25) is 9.36 Å². The van der Waals surface area contributed by atoms with Gasteiger partial charge in [-0.2, -0.15) is 0 Å². The highest BCUT2D eigenvalue weighted by Crippen LogP contribution is 2.38. The van der Waals surface area contributed by atoms with E-state index in [0.29, 0.717) is 62.0 Å². The van der Waals surface area contributed by atoms with Crippen molar-refractivity contribution in [2.45, 2.75) is 33.2 Å². The monoisotopic (exact) mass is 564 g/mol. The number of rotatable bonds is 10. The molecule has 9 nitrogen and oxygen atoms in total. The van der Waals surface area contributed by atoms with Crippen LogP contribution in [-0.4, -0.2) is 43.1 Å². The van der Waals surface area contributed by atoms with E-state index in [4.69, 9.17) is 18.9 Å². The highest BCUT2D eigenvalue weighted by Gasteiger charge is 2.35. The number of esters is 1. The molecule has 1 N–H and O–H groups in total. The number of hydrogen-bond donors (Lipinski definition) is 1. The Morgan fingerprint density at radius 3 is 2.58 bits per heavy atom. The number of allylic oxidation sites excluding steroid dienone is 2. The van der Waals surface area contributed by atoms with Crippen molar-refractivity contribution >= 4 is 23.4 Å². The minimum absolute atomic E-state index is 0.0418. The number of aromatic nitrogens is 1. The van der Waals surface area contributed by atoms with E-state index >= 15 is 0 Å². The lowest BCUT2D eigenvalue weighted by Gasteiger charge is -2.26. The summed E-state index contributed by atoms with van der Waals surface area (Å²) in [5, 5.41) is 10.6. The van der Waals surface area contributed by atoms with Gasteiger partial charge in [-0.25, -0.2) is 9.79 Å². The number of nitrogens with zero attached hydrogens (tertiary/aromatic N) is 2. The molecule has 0 bridgehead atoms. The lowest BCUT2D eigenvalue weighted by atomic mass is 9.94. The van der Waals surface area contributed by atoms with Gasteiger partial charge in [-0.15, -0.1) is 6.58 Å². The third kappa shape index (κ3) is 5.40. The highest BCUT2D eigenvalue weighted by molar-refractivity contribution is 7.07. The first-order chi connectivity index (χ1) is 19.3. The number of methoxy groups -OCH3 is 2. The minimum atomic E-state index is -0.863. The van der Waals surface area contributed by atoms with E-state index in [1.807, 2.05) is 6.92 Å². The first-order valence-corrected chi connectivity index (χ1v) is 13.6. The summed E-state index contributed by atoms with van der Waals surface area (Å²) < 4.78 is 24.0. The van der Waals surface area contributed by atoms with Crippen LogP contribution in [0.3, 0.4) is 0 Å². The molecule has 1 aromatic heterocycles. The van der Waals surface area contributed by atoms with Gasteiger partial charge >= 0.3 is 5.97 Å². The van der Waals surface area contributed by atoms with Crippen LogP contribution in [0.15, 0.2) is 64.0 Å². The summed E-state index contributed by atoms with van der Waals surface area (Å²) in [7, 11) is 3.07. The standard InChI is InChI=1S/C30H32N2O7S/c1-7-10-19-13-18(14-23(27(19)33)38-8-2)15-24-28(34)32-26(21-16-20(36-5)11-12-22(21)37-6)25(29(35)39-9-3)17(4)31-30(32)40-24/h7,11-16,26,33H,1,8-10H2,2-6H3/b24-15+/t26-/m1/s1. The van der Waals surface area contributed by atoms with Crippen LogP contribution in [0.25, 0.3) is 6.08 Å². The summed E-state index contributed by atoms with van der Waals surface area (Å²) in [5.74, 6) is 0.811. The zero-order valence-electron chi connectivity index (χ0n) is 23.1. The Morgan fingerprint density at radius 2 is 1.93 bits per heavy atom. The van der Waals surface area contributed by atoms with Gasteiger partial charge in [0.2, 0.25) is 0 Å². The molecule has 0 fully saturated rings. The van der Waals surface area contributed by atoms with Gasteiger partial charge in [0, 0.05) is 11.1 Å². The second-order valence-corrected chi connectivity index (χ2v) is 9.87. The molecule has 0 radical (unpaired) electrons. The third-order valence-electron chi connectivity index (χ3n) is 6.39. The molecule has 210 valence electrons. The fourth-order valence-corrected chi connectivity index (χ4v) is 5.69. The van der Waals surface area contributed by atoms with Crippen molar-refractivity contribution in [2.24, 2.45) is 4.99 Å². The Bertz CT molecular complexity index is 1670. The lowest BCUT2D eigenvalue weighted by Crippen LogP contribution is -2.40. The van der Waals surface area contributed by atoms with E-state index in [9.17, 15) is 14.7 Å². The summed E-state index contributed by atoms with van der Waals surface area (Å²) in [6.45, 7) is 9.56. The number of carbonyl (C=O) groups excluding carboxylic acids is 1. The third-order valence-corrected chi connectivity index (χ3v) is 7.37. The molecule has 0 aliphatic carbocycles. The quantitative estimate of drug-likeness (QED) is 0.296. The highest BCUT2D eigenvalue weighted by atomic mass is 32.1. The van der Waals surface area contributed by atoms with Crippen LogP contribution in [0.5, 0.6) is 23.0 Å². The minimum Gasteiger partial charge on any atom is -0.504 e. The van der Waals surface area contributed by atoms with Crippen molar-refractivity contribution in [3.8, 4) is 23.0 Å². The number of fused-ring (bicyclic) bond motifs is 1. The number of carbonyl (C=O) groups is 1. The van der Waals surface area contributed by atoms with E-state index in [2.05, 4.69) is 11.6 Å². The van der Waals surface area contributed by atoms with Crippen LogP contribution in [-0.2, 0) is 16.0 Å². The van der Waals surface area contributed by atoms with Gasteiger partial charge in [-0.05, 0) is 69.2 Å². The average molecular weight is 565 g/mol. The van der Waals surface area contributed by atoms with Crippen molar-refractivity contribution in [3.05, 3.63) is 90.6 Å². The topological polar surface area (TPSA) is 109 Å². The van der Waals surface area contributed by atoms with Crippen LogP contribution in [0, 0.1) is 0 Å². The normalized spacial score (nSPS) is 14.8. The molecule has 1 aliphatic rings. The molecule has 40 heavy (non-hydrogen) atoms. The molecule has 10 heteroatoms. The predicted molar refractivity (Wildman–Crippen MR) is 153 cm³/mol. The Hall–Kier alpha value is -4.31. The van der Waals surface area contributed by atoms with Crippen LogP contribution in [0.4, 0.5) is 0 Å². The van der Waals surface area contributed by atoms with E-state index in [-0.39, 0.29) is 23.5 Å². The Labute approximate surface area is 235 Å². The summed E-state index contributed by atoms with van der Waals surface area (Å²) in [5.41, 5.74) is 2.19. The number of benzene rings is 2. The number of ether oxygens (including phenoxy) is 4. The predicted octanol–water partition coefficient (Wildman–Crippen LogP) is 3.65. The Balaban J connectivity index is 2.00. The summed E-state index contributed by atoms with van der Waals surface area (Å²) in [4.78, 5) is 32.3. The molecule has 2 heterocycles. The van der Waals surface area contributed by atoms with Crippen molar-refractivity contribution < 1.29 is 28.8 Å². The molecule has 0 saturated heterocycles. The molecule has 0 unspecified atom stereocenters. The molecule has 3 aromatic rings. The number of aromatic hydroxyl groups is 1. The molecule has 0 spiro atoms. The van der Waals surface area contributed by atoms with Gasteiger partial charge in [0.05, 0.1) is 43.2 Å². The van der Waals surface area contributed by atoms with E-state index in [1.54, 1.807) is 63.4 Å².